The maximum atomic E-state index is 10.1. The number of hydrogen-bond donors (Lipinski definition) is 1. The van der Waals surface area contributed by atoms with Crippen LogP contribution in [0.4, 0.5) is 0 Å². The smallest absolute Gasteiger partial charge is 0.0630 e. The summed E-state index contributed by atoms with van der Waals surface area (Å²) in [6.45, 7) is 2.90. The molecule has 3 heteroatoms. The van der Waals surface area contributed by atoms with Crippen LogP contribution in [-0.2, 0) is 4.74 Å². The van der Waals surface area contributed by atoms with E-state index in [0.717, 1.165) is 31.4 Å². The molecule has 0 spiro atoms. The summed E-state index contributed by atoms with van der Waals surface area (Å²) in [5, 5.41) is 10.1. The number of ether oxygens (including phenoxy) is 1. The summed E-state index contributed by atoms with van der Waals surface area (Å²) in [6, 6.07) is 3.92. The molecule has 3 nitrogen and oxygen atoms in total. The highest BCUT2D eigenvalue weighted by atomic mass is 16.5. The minimum absolute atomic E-state index is 0.146. The number of aliphatic hydroxyl groups excluding tert-OH is 1. The molecule has 3 atom stereocenters. The van der Waals surface area contributed by atoms with Gasteiger partial charge in [-0.2, -0.15) is 0 Å². The summed E-state index contributed by atoms with van der Waals surface area (Å²) >= 11 is 0. The highest BCUT2D eigenvalue weighted by Crippen LogP contribution is 2.25. The quantitative estimate of drug-likeness (QED) is 0.846. The zero-order chi connectivity index (χ0) is 11.4. The molecule has 1 aromatic rings. The number of hydrogen-bond acceptors (Lipinski definition) is 3. The first kappa shape index (κ1) is 11.6. The SMILES string of the molecule is CC(c1ccncc1)C(O)CC1CCCO1. The maximum absolute atomic E-state index is 10.1. The maximum Gasteiger partial charge on any atom is 0.0630 e. The van der Waals surface area contributed by atoms with Crippen molar-refractivity contribution in [2.75, 3.05) is 6.61 Å². The van der Waals surface area contributed by atoms with Crippen LogP contribution in [0.5, 0.6) is 0 Å². The average Bonchev–Trinajstić information content (AvgIpc) is 2.82. The van der Waals surface area contributed by atoms with Gasteiger partial charge in [-0.3, -0.25) is 4.98 Å². The van der Waals surface area contributed by atoms with E-state index in [2.05, 4.69) is 11.9 Å². The molecule has 88 valence electrons. The molecule has 1 N–H and O–H groups in total. The largest absolute Gasteiger partial charge is 0.392 e. The molecule has 2 heterocycles. The second-order valence-corrected chi connectivity index (χ2v) is 4.51. The van der Waals surface area contributed by atoms with Crippen LogP contribution in [0.3, 0.4) is 0 Å². The predicted molar refractivity (Wildman–Crippen MR) is 62.2 cm³/mol. The molecule has 16 heavy (non-hydrogen) atoms. The van der Waals surface area contributed by atoms with E-state index >= 15 is 0 Å². The van der Waals surface area contributed by atoms with Gasteiger partial charge in [0.05, 0.1) is 12.2 Å². The molecular formula is C13H19NO2. The Morgan fingerprint density at radius 3 is 2.88 bits per heavy atom. The summed E-state index contributed by atoms with van der Waals surface area (Å²) in [5.74, 6) is 0.146. The molecule has 2 rings (SSSR count). The molecule has 0 bridgehead atoms. The highest BCUT2D eigenvalue weighted by Gasteiger charge is 2.23. The lowest BCUT2D eigenvalue weighted by Crippen LogP contribution is -2.22. The van der Waals surface area contributed by atoms with Crippen LogP contribution in [0.15, 0.2) is 24.5 Å². The second kappa shape index (κ2) is 5.41. The lowest BCUT2D eigenvalue weighted by atomic mass is 9.92. The third kappa shape index (κ3) is 2.80. The lowest BCUT2D eigenvalue weighted by molar-refractivity contribution is 0.0448. The Hall–Kier alpha value is -0.930. The van der Waals surface area contributed by atoms with Crippen LogP contribution in [0.25, 0.3) is 0 Å². The standard InChI is InChI=1S/C13H19NO2/c1-10(11-4-6-14-7-5-11)13(15)9-12-3-2-8-16-12/h4-7,10,12-13,15H,2-3,8-9H2,1H3. The Morgan fingerprint density at radius 2 is 2.25 bits per heavy atom. The summed E-state index contributed by atoms with van der Waals surface area (Å²) in [4.78, 5) is 3.98. The molecule has 1 saturated heterocycles. The van der Waals surface area contributed by atoms with Gasteiger partial charge < -0.3 is 9.84 Å². The molecule has 0 aliphatic carbocycles. The lowest BCUT2D eigenvalue weighted by Gasteiger charge is -2.21. The summed E-state index contributed by atoms with van der Waals surface area (Å²) in [6.07, 6.45) is 6.41. The third-order valence-corrected chi connectivity index (χ3v) is 3.34. The van der Waals surface area contributed by atoms with Crippen LogP contribution in [0, 0.1) is 0 Å². The van der Waals surface area contributed by atoms with Crippen molar-refractivity contribution in [2.24, 2.45) is 0 Å². The van der Waals surface area contributed by atoms with Gasteiger partial charge in [0.2, 0.25) is 0 Å². The predicted octanol–water partition coefficient (Wildman–Crippen LogP) is 2.12. The van der Waals surface area contributed by atoms with Crippen molar-refractivity contribution >= 4 is 0 Å². The molecule has 0 aromatic carbocycles. The van der Waals surface area contributed by atoms with Gasteiger partial charge in [0.25, 0.3) is 0 Å². The molecule has 3 unspecified atom stereocenters. The number of pyridine rings is 1. The second-order valence-electron chi connectivity index (χ2n) is 4.51. The van der Waals surface area contributed by atoms with Crippen molar-refractivity contribution < 1.29 is 9.84 Å². The van der Waals surface area contributed by atoms with Gasteiger partial charge in [-0.25, -0.2) is 0 Å². The Morgan fingerprint density at radius 1 is 1.50 bits per heavy atom. The first-order chi connectivity index (χ1) is 7.77. The van der Waals surface area contributed by atoms with Gasteiger partial charge in [-0.15, -0.1) is 0 Å². The van der Waals surface area contributed by atoms with Crippen molar-refractivity contribution in [3.8, 4) is 0 Å². The van der Waals surface area contributed by atoms with Crippen molar-refractivity contribution in [1.82, 2.24) is 4.98 Å². The van der Waals surface area contributed by atoms with E-state index in [4.69, 9.17) is 4.74 Å². The number of aliphatic hydroxyl groups is 1. The Balaban J connectivity index is 1.91. The summed E-state index contributed by atoms with van der Waals surface area (Å²) < 4.78 is 5.54. The summed E-state index contributed by atoms with van der Waals surface area (Å²) in [7, 11) is 0. The zero-order valence-electron chi connectivity index (χ0n) is 9.67. The Labute approximate surface area is 96.5 Å². The van der Waals surface area contributed by atoms with Crippen molar-refractivity contribution in [1.29, 1.82) is 0 Å². The van der Waals surface area contributed by atoms with Gasteiger partial charge in [0.1, 0.15) is 0 Å². The van der Waals surface area contributed by atoms with Crippen LogP contribution < -0.4 is 0 Å². The number of aromatic nitrogens is 1. The van der Waals surface area contributed by atoms with Crippen molar-refractivity contribution in [3.05, 3.63) is 30.1 Å². The normalized spacial score (nSPS) is 24.2. The topological polar surface area (TPSA) is 42.4 Å². The van der Waals surface area contributed by atoms with Crippen LogP contribution >= 0.6 is 0 Å². The molecule has 0 amide bonds. The fraction of sp³-hybridized carbons (Fsp3) is 0.615. The molecular weight excluding hydrogens is 202 g/mol. The van der Waals surface area contributed by atoms with Gasteiger partial charge in [0.15, 0.2) is 0 Å². The van der Waals surface area contributed by atoms with Crippen LogP contribution in [0.2, 0.25) is 0 Å². The monoisotopic (exact) mass is 221 g/mol. The van der Waals surface area contributed by atoms with E-state index in [1.54, 1.807) is 12.4 Å². The summed E-state index contributed by atoms with van der Waals surface area (Å²) in [5.41, 5.74) is 1.14. The molecule has 1 aromatic heterocycles. The van der Waals surface area contributed by atoms with Gasteiger partial charge >= 0.3 is 0 Å². The van der Waals surface area contributed by atoms with E-state index in [9.17, 15) is 5.11 Å². The van der Waals surface area contributed by atoms with Gasteiger partial charge in [-0.05, 0) is 30.5 Å². The number of rotatable bonds is 4. The fourth-order valence-corrected chi connectivity index (χ4v) is 2.19. The molecule has 1 aliphatic heterocycles. The fourth-order valence-electron chi connectivity index (χ4n) is 2.19. The Bertz CT molecular complexity index is 309. The van der Waals surface area contributed by atoms with E-state index in [1.807, 2.05) is 12.1 Å². The van der Waals surface area contributed by atoms with Crippen molar-refractivity contribution in [3.63, 3.8) is 0 Å². The average molecular weight is 221 g/mol. The molecule has 1 aliphatic rings. The minimum atomic E-state index is -0.328. The third-order valence-electron chi connectivity index (χ3n) is 3.34. The van der Waals surface area contributed by atoms with Crippen LogP contribution in [-0.4, -0.2) is 28.9 Å². The van der Waals surface area contributed by atoms with Gasteiger partial charge in [-0.1, -0.05) is 6.92 Å². The highest BCUT2D eigenvalue weighted by molar-refractivity contribution is 5.16. The van der Waals surface area contributed by atoms with Gasteiger partial charge in [0, 0.05) is 31.3 Å². The van der Waals surface area contributed by atoms with E-state index in [1.165, 1.54) is 0 Å². The van der Waals surface area contributed by atoms with E-state index in [-0.39, 0.29) is 18.1 Å². The first-order valence-corrected chi connectivity index (χ1v) is 5.97. The van der Waals surface area contributed by atoms with E-state index in [0.29, 0.717) is 0 Å². The first-order valence-electron chi connectivity index (χ1n) is 5.97. The van der Waals surface area contributed by atoms with Crippen molar-refractivity contribution in [2.45, 2.75) is 44.3 Å². The molecule has 0 saturated carbocycles. The molecule has 0 radical (unpaired) electrons. The Kier molecular flexibility index (Phi) is 3.91. The molecule has 1 fully saturated rings. The zero-order valence-corrected chi connectivity index (χ0v) is 9.67. The number of nitrogens with zero attached hydrogens (tertiary/aromatic N) is 1. The minimum Gasteiger partial charge on any atom is -0.392 e. The van der Waals surface area contributed by atoms with E-state index < -0.39 is 0 Å². The van der Waals surface area contributed by atoms with Crippen LogP contribution in [0.1, 0.15) is 37.7 Å².